The molecule has 0 saturated heterocycles. The van der Waals surface area contributed by atoms with E-state index in [-0.39, 0.29) is 0 Å². The topological polar surface area (TPSA) is 44.8 Å². The lowest BCUT2D eigenvalue weighted by molar-refractivity contribution is 0.283. The van der Waals surface area contributed by atoms with Gasteiger partial charge in [0.1, 0.15) is 17.3 Å². The smallest absolute Gasteiger partial charge is 0.364 e. The third-order valence-corrected chi connectivity index (χ3v) is 5.55. The zero-order chi connectivity index (χ0) is 16.3. The molecule has 2 aromatic carbocycles. The standard InChI is InChI=1S/C18H17O4P/c1-20-23(19,21-2)18-13-22-17-11-7-6-10-15(17)12-16(18)14-8-4-3-5-9-14/h3-13H,1-2H3. The highest BCUT2D eigenvalue weighted by Gasteiger charge is 2.33. The molecule has 1 aliphatic rings. The zero-order valence-electron chi connectivity index (χ0n) is 12.9. The number of rotatable bonds is 4. The van der Waals surface area contributed by atoms with E-state index in [4.69, 9.17) is 13.8 Å². The van der Waals surface area contributed by atoms with Crippen molar-refractivity contribution in [3.05, 3.63) is 77.3 Å². The van der Waals surface area contributed by atoms with Crippen molar-refractivity contribution in [3.63, 3.8) is 0 Å². The van der Waals surface area contributed by atoms with Crippen LogP contribution in [0.1, 0.15) is 11.1 Å². The molecule has 0 unspecified atom stereocenters. The molecule has 0 N–H and O–H groups in total. The Kier molecular flexibility index (Phi) is 4.49. The van der Waals surface area contributed by atoms with Crippen LogP contribution in [0, 0.1) is 0 Å². The molecular weight excluding hydrogens is 311 g/mol. The van der Waals surface area contributed by atoms with Gasteiger partial charge in [-0.15, -0.1) is 0 Å². The number of para-hydroxylation sites is 1. The molecule has 1 heterocycles. The highest BCUT2D eigenvalue weighted by atomic mass is 31.2. The van der Waals surface area contributed by atoms with E-state index in [0.29, 0.717) is 11.1 Å². The number of hydrogen-bond acceptors (Lipinski definition) is 4. The van der Waals surface area contributed by atoms with Gasteiger partial charge in [0.05, 0.1) is 0 Å². The number of fused-ring (bicyclic) bond motifs is 1. The second kappa shape index (κ2) is 6.55. The van der Waals surface area contributed by atoms with Crippen LogP contribution in [0.25, 0.3) is 11.6 Å². The fraction of sp³-hybridized carbons (Fsp3) is 0.111. The SMILES string of the molecule is COP(=O)(OC)C1=COc2ccccc2C=C1c1ccccc1. The van der Waals surface area contributed by atoms with Gasteiger partial charge >= 0.3 is 7.60 Å². The van der Waals surface area contributed by atoms with Crippen molar-refractivity contribution < 1.29 is 18.3 Å². The van der Waals surface area contributed by atoms with Crippen LogP contribution in [0.2, 0.25) is 0 Å². The molecule has 2 aromatic rings. The van der Waals surface area contributed by atoms with Crippen LogP contribution in [0.15, 0.2) is 66.2 Å². The summed E-state index contributed by atoms with van der Waals surface area (Å²) in [5.74, 6) is 0.690. The second-order valence-electron chi connectivity index (χ2n) is 4.95. The van der Waals surface area contributed by atoms with E-state index in [1.807, 2.05) is 60.7 Å². The van der Waals surface area contributed by atoms with Crippen molar-refractivity contribution in [2.24, 2.45) is 0 Å². The number of allylic oxidation sites excluding steroid dienone is 2. The molecule has 0 atom stereocenters. The molecule has 0 amide bonds. The van der Waals surface area contributed by atoms with Crippen molar-refractivity contribution in [2.45, 2.75) is 0 Å². The van der Waals surface area contributed by atoms with E-state index in [2.05, 4.69) is 0 Å². The minimum Gasteiger partial charge on any atom is -0.463 e. The predicted molar refractivity (Wildman–Crippen MR) is 91.1 cm³/mol. The van der Waals surface area contributed by atoms with E-state index >= 15 is 0 Å². The molecule has 3 rings (SSSR count). The molecule has 0 saturated carbocycles. The van der Waals surface area contributed by atoms with Crippen molar-refractivity contribution in [1.82, 2.24) is 0 Å². The normalized spacial score (nSPS) is 14.2. The summed E-state index contributed by atoms with van der Waals surface area (Å²) in [7, 11) is -0.733. The van der Waals surface area contributed by atoms with Crippen molar-refractivity contribution >= 4 is 19.2 Å². The molecule has 0 radical (unpaired) electrons. The van der Waals surface area contributed by atoms with Crippen LogP contribution in [0.5, 0.6) is 5.75 Å². The second-order valence-corrected chi connectivity index (χ2v) is 7.15. The van der Waals surface area contributed by atoms with Gasteiger partial charge in [-0.05, 0) is 17.7 Å². The van der Waals surface area contributed by atoms with Crippen molar-refractivity contribution in [1.29, 1.82) is 0 Å². The summed E-state index contributed by atoms with van der Waals surface area (Å²) in [5, 5.41) is 0.393. The summed E-state index contributed by atoms with van der Waals surface area (Å²) in [6.07, 6.45) is 3.40. The third-order valence-electron chi connectivity index (χ3n) is 3.65. The van der Waals surface area contributed by atoms with Crippen LogP contribution in [-0.2, 0) is 13.6 Å². The summed E-state index contributed by atoms with van der Waals surface area (Å²) in [6, 6.07) is 17.3. The molecule has 0 bridgehead atoms. The third kappa shape index (κ3) is 3.02. The molecule has 118 valence electrons. The maximum absolute atomic E-state index is 13.0. The summed E-state index contributed by atoms with van der Waals surface area (Å²) in [5.41, 5.74) is 2.56. The fourth-order valence-electron chi connectivity index (χ4n) is 2.45. The number of ether oxygens (including phenoxy) is 1. The summed E-state index contributed by atoms with van der Waals surface area (Å²) in [6.45, 7) is 0. The quantitative estimate of drug-likeness (QED) is 0.745. The van der Waals surface area contributed by atoms with E-state index in [1.165, 1.54) is 20.5 Å². The van der Waals surface area contributed by atoms with Gasteiger partial charge < -0.3 is 13.8 Å². The van der Waals surface area contributed by atoms with Gasteiger partial charge in [0.2, 0.25) is 0 Å². The summed E-state index contributed by atoms with van der Waals surface area (Å²) >= 11 is 0. The lowest BCUT2D eigenvalue weighted by Gasteiger charge is -2.18. The first-order valence-corrected chi connectivity index (χ1v) is 8.67. The van der Waals surface area contributed by atoms with Gasteiger partial charge in [0.25, 0.3) is 0 Å². The molecular formula is C18H17O4P. The first-order valence-electron chi connectivity index (χ1n) is 7.13. The van der Waals surface area contributed by atoms with Crippen molar-refractivity contribution in [3.8, 4) is 5.75 Å². The Morgan fingerprint density at radius 3 is 2.26 bits per heavy atom. The summed E-state index contributed by atoms with van der Waals surface area (Å²) < 4.78 is 29.0. The number of hydrogen-bond donors (Lipinski definition) is 0. The molecule has 4 nitrogen and oxygen atoms in total. The molecule has 0 aliphatic carbocycles. The van der Waals surface area contributed by atoms with Gasteiger partial charge in [-0.3, -0.25) is 4.57 Å². The van der Waals surface area contributed by atoms with Crippen LogP contribution >= 0.6 is 7.60 Å². The minimum absolute atomic E-state index is 0.393. The molecule has 23 heavy (non-hydrogen) atoms. The molecule has 1 aliphatic heterocycles. The maximum atomic E-state index is 13.0. The van der Waals surface area contributed by atoms with E-state index < -0.39 is 7.60 Å². The Labute approximate surface area is 135 Å². The van der Waals surface area contributed by atoms with Crippen LogP contribution in [0.3, 0.4) is 0 Å². The lowest BCUT2D eigenvalue weighted by Crippen LogP contribution is -1.98. The molecule has 5 heteroatoms. The van der Waals surface area contributed by atoms with E-state index in [1.54, 1.807) is 0 Å². The van der Waals surface area contributed by atoms with Gasteiger partial charge in [-0.25, -0.2) is 0 Å². The van der Waals surface area contributed by atoms with Crippen LogP contribution in [-0.4, -0.2) is 14.2 Å². The zero-order valence-corrected chi connectivity index (χ0v) is 13.8. The van der Waals surface area contributed by atoms with Gasteiger partial charge in [-0.1, -0.05) is 48.5 Å². The molecule has 0 fully saturated rings. The van der Waals surface area contributed by atoms with E-state index in [9.17, 15) is 4.57 Å². The minimum atomic E-state index is -3.47. The maximum Gasteiger partial charge on any atom is 0.364 e. The van der Waals surface area contributed by atoms with Crippen LogP contribution in [0.4, 0.5) is 0 Å². The Balaban J connectivity index is 2.23. The Morgan fingerprint density at radius 1 is 0.913 bits per heavy atom. The Morgan fingerprint density at radius 2 is 1.57 bits per heavy atom. The van der Waals surface area contributed by atoms with Crippen molar-refractivity contribution in [2.75, 3.05) is 14.2 Å². The van der Waals surface area contributed by atoms with E-state index in [0.717, 1.165) is 16.7 Å². The van der Waals surface area contributed by atoms with Gasteiger partial charge in [0, 0.05) is 25.4 Å². The predicted octanol–water partition coefficient (Wildman–Crippen LogP) is 4.95. The molecule has 0 aromatic heterocycles. The average Bonchev–Trinajstić information content (AvgIpc) is 2.82. The molecule has 0 spiro atoms. The summed E-state index contributed by atoms with van der Waals surface area (Å²) in [4.78, 5) is 0. The fourth-order valence-corrected chi connectivity index (χ4v) is 3.66. The van der Waals surface area contributed by atoms with Gasteiger partial charge in [0.15, 0.2) is 0 Å². The largest absolute Gasteiger partial charge is 0.463 e. The average molecular weight is 328 g/mol. The highest BCUT2D eigenvalue weighted by molar-refractivity contribution is 7.59. The Hall–Kier alpha value is -2.13. The Bertz CT molecular complexity index is 801. The lowest BCUT2D eigenvalue weighted by atomic mass is 10.0. The van der Waals surface area contributed by atoms with Gasteiger partial charge in [-0.2, -0.15) is 0 Å². The first kappa shape index (κ1) is 15.8. The first-order chi connectivity index (χ1) is 11.2. The van der Waals surface area contributed by atoms with Crippen LogP contribution < -0.4 is 4.74 Å². The highest BCUT2D eigenvalue weighted by Crippen LogP contribution is 2.60. The number of benzene rings is 2. The monoisotopic (exact) mass is 328 g/mol.